The minimum Gasteiger partial charge on any atom is -0.353 e. The Morgan fingerprint density at radius 2 is 1.75 bits per heavy atom. The quantitative estimate of drug-likeness (QED) is 0.721. The SMILES string of the molecule is O=C(CCCNC1CCC2(CC1)OCCO2)NC1CC1. The molecule has 1 amide bonds. The van der Waals surface area contributed by atoms with Gasteiger partial charge >= 0.3 is 0 Å². The highest BCUT2D eigenvalue weighted by Crippen LogP contribution is 2.35. The Hall–Kier alpha value is -0.650. The summed E-state index contributed by atoms with van der Waals surface area (Å²) in [5.74, 6) is -0.0489. The van der Waals surface area contributed by atoms with Gasteiger partial charge in [-0.25, -0.2) is 0 Å². The van der Waals surface area contributed by atoms with E-state index in [1.165, 1.54) is 0 Å². The highest BCUT2D eigenvalue weighted by molar-refractivity contribution is 5.76. The van der Waals surface area contributed by atoms with Crippen molar-refractivity contribution in [3.63, 3.8) is 0 Å². The normalized spacial score (nSPS) is 26.0. The van der Waals surface area contributed by atoms with Crippen LogP contribution in [0, 0.1) is 0 Å². The van der Waals surface area contributed by atoms with E-state index in [0.29, 0.717) is 18.5 Å². The van der Waals surface area contributed by atoms with E-state index in [9.17, 15) is 4.79 Å². The Morgan fingerprint density at radius 1 is 1.05 bits per heavy atom. The monoisotopic (exact) mass is 282 g/mol. The van der Waals surface area contributed by atoms with Crippen LogP contribution in [0.1, 0.15) is 51.4 Å². The van der Waals surface area contributed by atoms with Crippen molar-refractivity contribution in [2.45, 2.75) is 69.2 Å². The Labute approximate surface area is 120 Å². The van der Waals surface area contributed by atoms with Crippen molar-refractivity contribution in [3.05, 3.63) is 0 Å². The minimum absolute atomic E-state index is 0.213. The standard InChI is InChI=1S/C15H26N2O3/c18-14(17-13-3-4-13)2-1-9-16-12-5-7-15(8-6-12)19-10-11-20-15/h12-13,16H,1-11H2,(H,17,18). The van der Waals surface area contributed by atoms with Gasteiger partial charge in [-0.05, 0) is 38.6 Å². The van der Waals surface area contributed by atoms with E-state index in [2.05, 4.69) is 10.6 Å². The zero-order chi connectivity index (χ0) is 13.8. The van der Waals surface area contributed by atoms with Crippen LogP contribution in [0.3, 0.4) is 0 Å². The molecule has 0 radical (unpaired) electrons. The van der Waals surface area contributed by atoms with Crippen molar-refractivity contribution in [2.75, 3.05) is 19.8 Å². The smallest absolute Gasteiger partial charge is 0.220 e. The van der Waals surface area contributed by atoms with Gasteiger partial charge in [-0.15, -0.1) is 0 Å². The fraction of sp³-hybridized carbons (Fsp3) is 0.933. The Balaban J connectivity index is 1.25. The fourth-order valence-electron chi connectivity index (χ4n) is 3.13. The van der Waals surface area contributed by atoms with E-state index in [-0.39, 0.29) is 11.7 Å². The number of hydrogen-bond acceptors (Lipinski definition) is 4. The first-order valence-electron chi connectivity index (χ1n) is 8.06. The van der Waals surface area contributed by atoms with Crippen molar-refractivity contribution < 1.29 is 14.3 Å². The van der Waals surface area contributed by atoms with Crippen LogP contribution in [0.15, 0.2) is 0 Å². The van der Waals surface area contributed by atoms with Crippen LogP contribution in [0.25, 0.3) is 0 Å². The van der Waals surface area contributed by atoms with Crippen molar-refractivity contribution in [2.24, 2.45) is 0 Å². The molecular weight excluding hydrogens is 256 g/mol. The molecule has 1 aliphatic heterocycles. The van der Waals surface area contributed by atoms with Gasteiger partial charge in [0.25, 0.3) is 0 Å². The molecule has 5 heteroatoms. The van der Waals surface area contributed by atoms with Gasteiger partial charge in [-0.1, -0.05) is 0 Å². The largest absolute Gasteiger partial charge is 0.353 e. The van der Waals surface area contributed by atoms with Crippen molar-refractivity contribution >= 4 is 5.91 Å². The van der Waals surface area contributed by atoms with Gasteiger partial charge in [0.2, 0.25) is 5.91 Å². The summed E-state index contributed by atoms with van der Waals surface area (Å²) in [5, 5.41) is 6.59. The maximum Gasteiger partial charge on any atom is 0.220 e. The van der Waals surface area contributed by atoms with Crippen molar-refractivity contribution in [1.29, 1.82) is 0 Å². The second-order valence-corrected chi connectivity index (χ2v) is 6.28. The van der Waals surface area contributed by atoms with Gasteiger partial charge in [0.1, 0.15) is 0 Å². The lowest BCUT2D eigenvalue weighted by Crippen LogP contribution is -2.42. The molecule has 2 N–H and O–H groups in total. The van der Waals surface area contributed by atoms with E-state index in [0.717, 1.165) is 64.7 Å². The Morgan fingerprint density at radius 3 is 2.40 bits per heavy atom. The maximum atomic E-state index is 11.5. The molecule has 0 aromatic rings. The highest BCUT2D eigenvalue weighted by atomic mass is 16.7. The van der Waals surface area contributed by atoms with E-state index in [1.807, 2.05) is 0 Å². The second kappa shape index (κ2) is 6.41. The molecule has 1 spiro atoms. The summed E-state index contributed by atoms with van der Waals surface area (Å²) in [6, 6.07) is 1.04. The summed E-state index contributed by atoms with van der Waals surface area (Å²) in [4.78, 5) is 11.5. The zero-order valence-electron chi connectivity index (χ0n) is 12.2. The molecule has 0 aromatic carbocycles. The van der Waals surface area contributed by atoms with E-state index < -0.39 is 0 Å². The van der Waals surface area contributed by atoms with Crippen molar-refractivity contribution in [1.82, 2.24) is 10.6 Å². The Kier molecular flexibility index (Phi) is 4.58. The average Bonchev–Trinajstić information content (AvgIpc) is 3.15. The van der Waals surface area contributed by atoms with Crippen molar-refractivity contribution in [3.8, 4) is 0 Å². The summed E-state index contributed by atoms with van der Waals surface area (Å²) in [7, 11) is 0. The molecule has 2 aliphatic carbocycles. The molecule has 3 fully saturated rings. The van der Waals surface area contributed by atoms with Crippen LogP contribution >= 0.6 is 0 Å². The molecule has 1 heterocycles. The van der Waals surface area contributed by atoms with E-state index >= 15 is 0 Å². The first-order chi connectivity index (χ1) is 9.76. The molecule has 1 saturated heterocycles. The molecule has 0 bridgehead atoms. The topological polar surface area (TPSA) is 59.6 Å². The second-order valence-electron chi connectivity index (χ2n) is 6.28. The fourth-order valence-corrected chi connectivity index (χ4v) is 3.13. The van der Waals surface area contributed by atoms with Crippen LogP contribution in [-0.2, 0) is 14.3 Å². The summed E-state index contributed by atoms with van der Waals surface area (Å²) in [6.45, 7) is 2.42. The zero-order valence-corrected chi connectivity index (χ0v) is 12.2. The molecule has 3 aliphatic rings. The van der Waals surface area contributed by atoms with Crippen LogP contribution in [0.2, 0.25) is 0 Å². The van der Waals surface area contributed by atoms with Crippen LogP contribution in [0.4, 0.5) is 0 Å². The average molecular weight is 282 g/mol. The molecular formula is C15H26N2O3. The molecule has 2 saturated carbocycles. The van der Waals surface area contributed by atoms with Gasteiger partial charge in [-0.2, -0.15) is 0 Å². The molecule has 0 aromatic heterocycles. The van der Waals surface area contributed by atoms with E-state index in [1.54, 1.807) is 0 Å². The molecule has 0 atom stereocenters. The number of carbonyl (C=O) groups is 1. The highest BCUT2D eigenvalue weighted by Gasteiger charge is 2.40. The molecule has 3 rings (SSSR count). The third-order valence-electron chi connectivity index (χ3n) is 4.52. The lowest BCUT2D eigenvalue weighted by Gasteiger charge is -2.35. The third kappa shape index (κ3) is 3.93. The third-order valence-corrected chi connectivity index (χ3v) is 4.52. The number of nitrogens with one attached hydrogen (secondary N) is 2. The minimum atomic E-state index is -0.262. The summed E-state index contributed by atoms with van der Waals surface area (Å²) < 4.78 is 11.5. The van der Waals surface area contributed by atoms with E-state index in [4.69, 9.17) is 9.47 Å². The molecule has 20 heavy (non-hydrogen) atoms. The first kappa shape index (κ1) is 14.3. The summed E-state index contributed by atoms with van der Waals surface area (Å²) in [5.41, 5.74) is 0. The van der Waals surface area contributed by atoms with Gasteiger partial charge in [0, 0.05) is 31.3 Å². The van der Waals surface area contributed by atoms with Gasteiger partial charge in [0.15, 0.2) is 5.79 Å². The van der Waals surface area contributed by atoms with Crippen LogP contribution < -0.4 is 10.6 Å². The summed E-state index contributed by atoms with van der Waals surface area (Å²) in [6.07, 6.45) is 8.09. The first-order valence-corrected chi connectivity index (χ1v) is 8.06. The van der Waals surface area contributed by atoms with Crippen LogP contribution in [-0.4, -0.2) is 43.5 Å². The lowest BCUT2D eigenvalue weighted by molar-refractivity contribution is -0.179. The molecule has 114 valence electrons. The lowest BCUT2D eigenvalue weighted by atomic mass is 9.90. The number of hydrogen-bond donors (Lipinski definition) is 2. The maximum absolute atomic E-state index is 11.5. The molecule has 5 nitrogen and oxygen atoms in total. The predicted octanol–water partition coefficient (Wildman–Crippen LogP) is 1.32. The van der Waals surface area contributed by atoms with Gasteiger partial charge in [-0.3, -0.25) is 4.79 Å². The summed E-state index contributed by atoms with van der Waals surface area (Å²) >= 11 is 0. The van der Waals surface area contributed by atoms with Gasteiger partial charge < -0.3 is 20.1 Å². The molecule has 0 unspecified atom stereocenters. The van der Waals surface area contributed by atoms with Gasteiger partial charge in [0.05, 0.1) is 13.2 Å². The van der Waals surface area contributed by atoms with Crippen LogP contribution in [0.5, 0.6) is 0 Å². The number of amides is 1. The predicted molar refractivity (Wildman–Crippen MR) is 75.3 cm³/mol. The number of rotatable bonds is 6. The Bertz CT molecular complexity index is 328. The number of ether oxygens (including phenoxy) is 2. The number of carbonyl (C=O) groups excluding carboxylic acids is 1.